The molecule has 1 aromatic heterocycles. The number of carbonyl (C=O) groups excluding carboxylic acids is 1. The second-order valence-corrected chi connectivity index (χ2v) is 8.78. The average Bonchev–Trinajstić information content (AvgIpc) is 3.39. The van der Waals surface area contributed by atoms with E-state index in [-0.39, 0.29) is 5.91 Å². The Morgan fingerprint density at radius 2 is 1.65 bits per heavy atom. The van der Waals surface area contributed by atoms with Gasteiger partial charge in [-0.1, -0.05) is 54.6 Å². The fourth-order valence-electron chi connectivity index (χ4n) is 3.91. The number of hydrogen-bond donors (Lipinski definition) is 1. The third kappa shape index (κ3) is 3.66. The van der Waals surface area contributed by atoms with Crippen LogP contribution in [0.3, 0.4) is 0 Å². The highest BCUT2D eigenvalue weighted by Crippen LogP contribution is 2.37. The van der Waals surface area contributed by atoms with Crippen LogP contribution in [-0.4, -0.2) is 15.7 Å². The number of fused-ring (bicyclic) bond motifs is 1. The number of thioether (sulfide) groups is 1. The van der Waals surface area contributed by atoms with Gasteiger partial charge in [0.2, 0.25) is 0 Å². The Kier molecular flexibility index (Phi) is 5.12. The van der Waals surface area contributed by atoms with Gasteiger partial charge in [-0.25, -0.2) is 4.68 Å². The van der Waals surface area contributed by atoms with E-state index in [1.165, 1.54) is 11.1 Å². The zero-order chi connectivity index (χ0) is 21.4. The fraction of sp³-hybridized carbons (Fsp3) is 0.154. The summed E-state index contributed by atoms with van der Waals surface area (Å²) in [6.07, 6.45) is 0. The molecule has 0 fully saturated rings. The Labute approximate surface area is 186 Å². The van der Waals surface area contributed by atoms with E-state index in [1.54, 1.807) is 0 Å². The van der Waals surface area contributed by atoms with Crippen molar-refractivity contribution in [2.45, 2.75) is 25.4 Å². The maximum absolute atomic E-state index is 13.1. The normalized spacial score (nSPS) is 12.6. The minimum atomic E-state index is -0.120. The van der Waals surface area contributed by atoms with Crippen LogP contribution in [0.15, 0.2) is 72.8 Å². The first-order valence-corrected chi connectivity index (χ1v) is 11.5. The lowest BCUT2D eigenvalue weighted by atomic mass is 10.0. The van der Waals surface area contributed by atoms with E-state index in [1.807, 2.05) is 65.0 Å². The van der Waals surface area contributed by atoms with E-state index in [0.29, 0.717) is 5.56 Å². The van der Waals surface area contributed by atoms with Gasteiger partial charge in [-0.2, -0.15) is 16.9 Å². The van der Waals surface area contributed by atoms with Gasteiger partial charge in [0, 0.05) is 22.6 Å². The zero-order valence-corrected chi connectivity index (χ0v) is 18.4. The van der Waals surface area contributed by atoms with Crippen molar-refractivity contribution in [3.8, 4) is 16.8 Å². The number of aryl methyl sites for hydroxylation is 1. The predicted octanol–water partition coefficient (Wildman–Crippen LogP) is 6.16. The van der Waals surface area contributed by atoms with Crippen LogP contribution < -0.4 is 5.32 Å². The van der Waals surface area contributed by atoms with Gasteiger partial charge < -0.3 is 5.32 Å². The number of amides is 1. The van der Waals surface area contributed by atoms with Crippen LogP contribution in [0.1, 0.15) is 32.7 Å². The molecule has 0 unspecified atom stereocenters. The summed E-state index contributed by atoms with van der Waals surface area (Å²) in [4.78, 5) is 13.1. The van der Waals surface area contributed by atoms with Crippen molar-refractivity contribution in [1.82, 2.24) is 9.78 Å². The topological polar surface area (TPSA) is 46.9 Å². The standard InChI is InChI=1S/C26H23N3OS/c1-17-7-6-10-24(18(17)2)29-25(22-15-31-16-23(22)28-29)27-26(30)21-13-11-20(12-14-21)19-8-4-3-5-9-19/h3-14H,15-16H2,1-2H3,(H,27,30). The summed E-state index contributed by atoms with van der Waals surface area (Å²) >= 11 is 1.83. The third-order valence-electron chi connectivity index (χ3n) is 5.84. The molecule has 4 aromatic rings. The maximum Gasteiger partial charge on any atom is 0.256 e. The first-order chi connectivity index (χ1) is 15.1. The molecule has 2 heterocycles. The van der Waals surface area contributed by atoms with Crippen LogP contribution >= 0.6 is 11.8 Å². The van der Waals surface area contributed by atoms with Crippen molar-refractivity contribution >= 4 is 23.5 Å². The molecule has 1 aliphatic rings. The molecule has 0 atom stereocenters. The van der Waals surface area contributed by atoms with Gasteiger partial charge in [0.15, 0.2) is 0 Å². The van der Waals surface area contributed by atoms with Gasteiger partial charge in [0.25, 0.3) is 5.91 Å². The molecule has 31 heavy (non-hydrogen) atoms. The second-order valence-electron chi connectivity index (χ2n) is 7.79. The molecule has 1 amide bonds. The number of rotatable bonds is 4. The van der Waals surface area contributed by atoms with Gasteiger partial charge in [-0.3, -0.25) is 4.79 Å². The Balaban J connectivity index is 1.47. The van der Waals surface area contributed by atoms with Crippen molar-refractivity contribution in [2.24, 2.45) is 0 Å². The minimum Gasteiger partial charge on any atom is -0.306 e. The van der Waals surface area contributed by atoms with Gasteiger partial charge in [0.1, 0.15) is 5.82 Å². The summed E-state index contributed by atoms with van der Waals surface area (Å²) < 4.78 is 1.91. The van der Waals surface area contributed by atoms with Gasteiger partial charge >= 0.3 is 0 Å². The number of anilines is 1. The molecule has 5 rings (SSSR count). The van der Waals surface area contributed by atoms with Crippen molar-refractivity contribution in [3.63, 3.8) is 0 Å². The molecule has 0 bridgehead atoms. The van der Waals surface area contributed by atoms with E-state index in [0.717, 1.165) is 45.4 Å². The number of aromatic nitrogens is 2. The zero-order valence-electron chi connectivity index (χ0n) is 17.6. The van der Waals surface area contributed by atoms with Crippen molar-refractivity contribution < 1.29 is 4.79 Å². The molecule has 0 saturated heterocycles. The summed E-state index contributed by atoms with van der Waals surface area (Å²) in [6.45, 7) is 4.19. The predicted molar refractivity (Wildman–Crippen MR) is 128 cm³/mol. The van der Waals surface area contributed by atoms with Crippen LogP contribution in [0, 0.1) is 13.8 Å². The number of nitrogens with zero attached hydrogens (tertiary/aromatic N) is 2. The van der Waals surface area contributed by atoms with Crippen LogP contribution in [0.4, 0.5) is 5.82 Å². The third-order valence-corrected chi connectivity index (χ3v) is 6.81. The molecule has 4 nitrogen and oxygen atoms in total. The molecule has 0 saturated carbocycles. The first-order valence-electron chi connectivity index (χ1n) is 10.3. The van der Waals surface area contributed by atoms with Crippen molar-refractivity contribution in [3.05, 3.63) is 101 Å². The number of hydrogen-bond acceptors (Lipinski definition) is 3. The molecule has 0 radical (unpaired) electrons. The molecule has 1 aliphatic heterocycles. The van der Waals surface area contributed by atoms with Crippen LogP contribution in [0.25, 0.3) is 16.8 Å². The number of carbonyl (C=O) groups is 1. The van der Waals surface area contributed by atoms with Crippen LogP contribution in [0.5, 0.6) is 0 Å². The van der Waals surface area contributed by atoms with E-state index in [2.05, 4.69) is 43.4 Å². The first kappa shape index (κ1) is 19.6. The lowest BCUT2D eigenvalue weighted by molar-refractivity contribution is 0.102. The summed E-state index contributed by atoms with van der Waals surface area (Å²) in [5.41, 5.74) is 8.42. The molecule has 5 heteroatoms. The quantitative estimate of drug-likeness (QED) is 0.426. The summed E-state index contributed by atoms with van der Waals surface area (Å²) in [5, 5.41) is 8.00. The van der Waals surface area contributed by atoms with Crippen molar-refractivity contribution in [2.75, 3.05) is 5.32 Å². The van der Waals surface area contributed by atoms with E-state index >= 15 is 0 Å². The van der Waals surface area contributed by atoms with Gasteiger partial charge in [-0.15, -0.1) is 0 Å². The van der Waals surface area contributed by atoms with E-state index in [9.17, 15) is 4.79 Å². The lowest BCUT2D eigenvalue weighted by Gasteiger charge is -2.14. The highest BCUT2D eigenvalue weighted by Gasteiger charge is 2.25. The average molecular weight is 426 g/mol. The van der Waals surface area contributed by atoms with Crippen molar-refractivity contribution in [1.29, 1.82) is 0 Å². The van der Waals surface area contributed by atoms with E-state index < -0.39 is 0 Å². The Hall–Kier alpha value is -3.31. The highest BCUT2D eigenvalue weighted by molar-refractivity contribution is 7.98. The number of benzene rings is 3. The Morgan fingerprint density at radius 1 is 0.903 bits per heavy atom. The summed E-state index contributed by atoms with van der Waals surface area (Å²) in [7, 11) is 0. The molecule has 154 valence electrons. The molecule has 3 aromatic carbocycles. The monoisotopic (exact) mass is 425 g/mol. The van der Waals surface area contributed by atoms with Crippen LogP contribution in [-0.2, 0) is 11.5 Å². The number of nitrogens with one attached hydrogen (secondary N) is 1. The summed E-state index contributed by atoms with van der Waals surface area (Å²) in [6, 6.07) is 24.1. The Morgan fingerprint density at radius 3 is 2.42 bits per heavy atom. The molecule has 0 spiro atoms. The molecular weight excluding hydrogens is 402 g/mol. The SMILES string of the molecule is Cc1cccc(-n2nc3c(c2NC(=O)c2ccc(-c4ccccc4)cc2)CSC3)c1C. The largest absolute Gasteiger partial charge is 0.306 e. The maximum atomic E-state index is 13.1. The summed E-state index contributed by atoms with van der Waals surface area (Å²) in [5.74, 6) is 2.40. The van der Waals surface area contributed by atoms with E-state index in [4.69, 9.17) is 5.10 Å². The second kappa shape index (κ2) is 8.08. The highest BCUT2D eigenvalue weighted by atomic mass is 32.2. The lowest BCUT2D eigenvalue weighted by Crippen LogP contribution is -2.16. The molecular formula is C26H23N3OS. The smallest absolute Gasteiger partial charge is 0.256 e. The minimum absolute atomic E-state index is 0.120. The molecule has 0 aliphatic carbocycles. The van der Waals surface area contributed by atoms with Crippen LogP contribution in [0.2, 0.25) is 0 Å². The molecule has 1 N–H and O–H groups in total. The van der Waals surface area contributed by atoms with Gasteiger partial charge in [0.05, 0.1) is 11.4 Å². The van der Waals surface area contributed by atoms with Gasteiger partial charge in [-0.05, 0) is 54.3 Å². The fourth-order valence-corrected chi connectivity index (χ4v) is 4.94. The Bertz CT molecular complexity index is 1260.